The molecule has 0 unspecified atom stereocenters. The zero-order valence-corrected chi connectivity index (χ0v) is 16.4. The summed E-state index contributed by atoms with van der Waals surface area (Å²) in [6.45, 7) is 3.97. The fourth-order valence-electron chi connectivity index (χ4n) is 3.94. The van der Waals surface area contributed by atoms with E-state index in [2.05, 4.69) is 54.2 Å². The second kappa shape index (κ2) is 7.99. The number of likely N-dealkylation sites (N-methyl/N-ethyl adjacent to an activating group) is 1. The normalized spacial score (nSPS) is 11.4. The molecule has 0 fully saturated rings. The maximum Gasteiger partial charge on any atom is 0.131 e. The number of aryl methyl sites for hydroxylation is 1. The Morgan fingerprint density at radius 2 is 1.57 bits per heavy atom. The minimum atomic E-state index is -0.180. The van der Waals surface area contributed by atoms with Crippen molar-refractivity contribution in [1.29, 1.82) is 0 Å². The number of H-pyrrole nitrogens is 1. The van der Waals surface area contributed by atoms with E-state index in [1.54, 1.807) is 6.07 Å². The first-order valence-electron chi connectivity index (χ1n) is 9.71. The van der Waals surface area contributed by atoms with Crippen LogP contribution in [0, 0.1) is 12.7 Å². The average Bonchev–Trinajstić information content (AvgIpc) is 3.03. The Morgan fingerprint density at radius 3 is 2.36 bits per heavy atom. The number of aromatic amines is 1. The summed E-state index contributed by atoms with van der Waals surface area (Å²) < 4.78 is 14.5. The molecule has 0 radical (unpaired) electrons. The zero-order valence-electron chi connectivity index (χ0n) is 16.4. The molecule has 0 aliphatic rings. The molecular weight excluding hydrogens is 347 g/mol. The Labute approximate surface area is 165 Å². The Hall–Kier alpha value is -2.91. The maximum absolute atomic E-state index is 14.5. The number of nitrogens with zero attached hydrogens (tertiary/aromatic N) is 1. The molecule has 1 aromatic heterocycles. The Morgan fingerprint density at radius 1 is 0.857 bits per heavy atom. The molecule has 28 heavy (non-hydrogen) atoms. The molecule has 0 atom stereocenters. The van der Waals surface area contributed by atoms with E-state index in [-0.39, 0.29) is 5.82 Å². The average molecular weight is 372 g/mol. The SMILES string of the molecule is Cc1[nH]c2cccc(-c3ccccc3F)c2c1CCN(C)Cc1ccccc1. The highest BCUT2D eigenvalue weighted by atomic mass is 19.1. The van der Waals surface area contributed by atoms with Crippen LogP contribution in [0.3, 0.4) is 0 Å². The van der Waals surface area contributed by atoms with Gasteiger partial charge in [-0.2, -0.15) is 0 Å². The van der Waals surface area contributed by atoms with Crippen LogP contribution in [0.15, 0.2) is 72.8 Å². The lowest BCUT2D eigenvalue weighted by Gasteiger charge is -2.17. The van der Waals surface area contributed by atoms with E-state index in [0.717, 1.165) is 41.7 Å². The predicted octanol–water partition coefficient (Wildman–Crippen LogP) is 5.96. The van der Waals surface area contributed by atoms with E-state index in [1.165, 1.54) is 17.2 Å². The van der Waals surface area contributed by atoms with Gasteiger partial charge in [0.05, 0.1) is 0 Å². The van der Waals surface area contributed by atoms with Gasteiger partial charge in [-0.3, -0.25) is 0 Å². The van der Waals surface area contributed by atoms with Crippen LogP contribution in [0.1, 0.15) is 16.8 Å². The topological polar surface area (TPSA) is 19.0 Å². The van der Waals surface area contributed by atoms with Gasteiger partial charge in [-0.25, -0.2) is 4.39 Å². The van der Waals surface area contributed by atoms with Crippen molar-refractivity contribution in [3.05, 3.63) is 95.4 Å². The number of hydrogen-bond acceptors (Lipinski definition) is 1. The molecule has 4 rings (SSSR count). The van der Waals surface area contributed by atoms with Gasteiger partial charge in [-0.15, -0.1) is 0 Å². The summed E-state index contributed by atoms with van der Waals surface area (Å²) in [5.41, 5.74) is 6.43. The number of benzene rings is 3. The summed E-state index contributed by atoms with van der Waals surface area (Å²) in [7, 11) is 2.15. The monoisotopic (exact) mass is 372 g/mol. The number of hydrogen-bond donors (Lipinski definition) is 1. The van der Waals surface area contributed by atoms with Crippen molar-refractivity contribution in [3.63, 3.8) is 0 Å². The second-order valence-corrected chi connectivity index (χ2v) is 7.41. The fourth-order valence-corrected chi connectivity index (χ4v) is 3.94. The van der Waals surface area contributed by atoms with Crippen molar-refractivity contribution < 1.29 is 4.39 Å². The highest BCUT2D eigenvalue weighted by Crippen LogP contribution is 2.34. The molecule has 1 N–H and O–H groups in total. The molecule has 2 nitrogen and oxygen atoms in total. The molecule has 0 aliphatic heterocycles. The van der Waals surface area contributed by atoms with Crippen LogP contribution in [-0.4, -0.2) is 23.5 Å². The van der Waals surface area contributed by atoms with Crippen LogP contribution >= 0.6 is 0 Å². The summed E-state index contributed by atoms with van der Waals surface area (Å²) in [6.07, 6.45) is 0.917. The third-order valence-electron chi connectivity index (χ3n) is 5.34. The molecule has 0 saturated heterocycles. The molecule has 3 aromatic carbocycles. The minimum Gasteiger partial charge on any atom is -0.358 e. The second-order valence-electron chi connectivity index (χ2n) is 7.41. The largest absolute Gasteiger partial charge is 0.358 e. The van der Waals surface area contributed by atoms with E-state index in [4.69, 9.17) is 0 Å². The molecule has 0 saturated carbocycles. The van der Waals surface area contributed by atoms with Crippen molar-refractivity contribution in [1.82, 2.24) is 9.88 Å². The third-order valence-corrected chi connectivity index (χ3v) is 5.34. The predicted molar refractivity (Wildman–Crippen MR) is 115 cm³/mol. The van der Waals surface area contributed by atoms with E-state index in [0.29, 0.717) is 5.56 Å². The Balaban J connectivity index is 1.64. The smallest absolute Gasteiger partial charge is 0.131 e. The molecule has 0 spiro atoms. The lowest BCUT2D eigenvalue weighted by molar-refractivity contribution is 0.331. The molecule has 0 amide bonds. The van der Waals surface area contributed by atoms with Crippen molar-refractivity contribution in [2.45, 2.75) is 19.9 Å². The number of rotatable bonds is 6. The van der Waals surface area contributed by atoms with Crippen LogP contribution < -0.4 is 0 Å². The molecule has 3 heteroatoms. The van der Waals surface area contributed by atoms with Crippen molar-refractivity contribution in [3.8, 4) is 11.1 Å². The first-order chi connectivity index (χ1) is 13.6. The number of aromatic nitrogens is 1. The van der Waals surface area contributed by atoms with Gasteiger partial charge in [0, 0.05) is 35.2 Å². The van der Waals surface area contributed by atoms with Crippen LogP contribution in [0.5, 0.6) is 0 Å². The van der Waals surface area contributed by atoms with E-state index >= 15 is 0 Å². The van der Waals surface area contributed by atoms with Crippen LogP contribution in [0.25, 0.3) is 22.0 Å². The van der Waals surface area contributed by atoms with Crippen molar-refractivity contribution >= 4 is 10.9 Å². The van der Waals surface area contributed by atoms with Crippen molar-refractivity contribution in [2.75, 3.05) is 13.6 Å². The van der Waals surface area contributed by atoms with E-state index < -0.39 is 0 Å². The Kier molecular flexibility index (Phi) is 5.27. The standard InChI is InChI=1S/C25H25FN2/c1-18-20(15-16-28(2)17-19-9-4-3-5-10-19)25-22(12-8-14-24(25)27-18)21-11-6-7-13-23(21)26/h3-14,27H,15-17H2,1-2H3. The summed E-state index contributed by atoms with van der Waals surface area (Å²) >= 11 is 0. The van der Waals surface area contributed by atoms with Gasteiger partial charge in [-0.05, 0) is 49.2 Å². The first-order valence-corrected chi connectivity index (χ1v) is 9.71. The highest BCUT2D eigenvalue weighted by molar-refractivity contribution is 5.98. The summed E-state index contributed by atoms with van der Waals surface area (Å²) in [5.74, 6) is -0.180. The molecule has 142 valence electrons. The van der Waals surface area contributed by atoms with E-state index in [9.17, 15) is 4.39 Å². The third kappa shape index (κ3) is 3.71. The van der Waals surface area contributed by atoms with Crippen LogP contribution in [0.4, 0.5) is 4.39 Å². The molecule has 1 heterocycles. The van der Waals surface area contributed by atoms with E-state index in [1.807, 2.05) is 30.3 Å². The quantitative estimate of drug-likeness (QED) is 0.443. The van der Waals surface area contributed by atoms with Gasteiger partial charge in [0.15, 0.2) is 0 Å². The van der Waals surface area contributed by atoms with Crippen LogP contribution in [0.2, 0.25) is 0 Å². The molecule has 0 bridgehead atoms. The van der Waals surface area contributed by atoms with Gasteiger partial charge in [-0.1, -0.05) is 60.7 Å². The summed E-state index contributed by atoms with van der Waals surface area (Å²) in [4.78, 5) is 5.82. The number of fused-ring (bicyclic) bond motifs is 1. The summed E-state index contributed by atoms with van der Waals surface area (Å²) in [6, 6.07) is 23.6. The van der Waals surface area contributed by atoms with Gasteiger partial charge in [0.2, 0.25) is 0 Å². The number of halogens is 1. The molecular formula is C25H25FN2. The zero-order chi connectivity index (χ0) is 19.5. The van der Waals surface area contributed by atoms with Gasteiger partial charge >= 0.3 is 0 Å². The van der Waals surface area contributed by atoms with Crippen LogP contribution in [-0.2, 0) is 13.0 Å². The first kappa shape index (κ1) is 18.5. The lowest BCUT2D eigenvalue weighted by Crippen LogP contribution is -2.20. The molecule has 0 aliphatic carbocycles. The lowest BCUT2D eigenvalue weighted by atomic mass is 9.96. The molecule has 4 aromatic rings. The summed E-state index contributed by atoms with van der Waals surface area (Å²) in [5, 5.41) is 1.14. The van der Waals surface area contributed by atoms with Gasteiger partial charge in [0.1, 0.15) is 5.82 Å². The van der Waals surface area contributed by atoms with Gasteiger partial charge < -0.3 is 9.88 Å². The highest BCUT2D eigenvalue weighted by Gasteiger charge is 2.16. The minimum absolute atomic E-state index is 0.180. The maximum atomic E-state index is 14.5. The fraction of sp³-hybridized carbons (Fsp3) is 0.200. The number of nitrogens with one attached hydrogen (secondary N) is 1. The Bertz CT molecular complexity index is 1080. The van der Waals surface area contributed by atoms with Gasteiger partial charge in [0.25, 0.3) is 0 Å². The van der Waals surface area contributed by atoms with Crippen molar-refractivity contribution in [2.24, 2.45) is 0 Å².